The van der Waals surface area contributed by atoms with Crippen LogP contribution in [0.2, 0.25) is 5.02 Å². The minimum Gasteiger partial charge on any atom is -0.478 e. The van der Waals surface area contributed by atoms with Crippen LogP contribution < -0.4 is 10.6 Å². The molecule has 0 aliphatic rings. The van der Waals surface area contributed by atoms with Crippen molar-refractivity contribution in [2.45, 2.75) is 17.1 Å². The van der Waals surface area contributed by atoms with Crippen molar-refractivity contribution < 1.29 is 19.5 Å². The van der Waals surface area contributed by atoms with Crippen LogP contribution in [0.3, 0.4) is 0 Å². The zero-order chi connectivity index (χ0) is 22.4. The van der Waals surface area contributed by atoms with Crippen LogP contribution >= 0.6 is 23.4 Å². The SMILES string of the molecule is CC(=O)Nc1ccc(SC(C(=O)Nc2cc(C(=O)O)ccc2Cl)c2ccccc2)cc1. The van der Waals surface area contributed by atoms with Crippen LogP contribution in [-0.4, -0.2) is 22.9 Å². The van der Waals surface area contributed by atoms with E-state index in [1.165, 1.54) is 36.9 Å². The third kappa shape index (κ3) is 6.10. The summed E-state index contributed by atoms with van der Waals surface area (Å²) in [5.74, 6) is -1.62. The molecule has 158 valence electrons. The summed E-state index contributed by atoms with van der Waals surface area (Å²) in [6.45, 7) is 1.43. The Morgan fingerprint density at radius 1 is 0.935 bits per heavy atom. The van der Waals surface area contributed by atoms with E-state index in [9.17, 15) is 19.5 Å². The van der Waals surface area contributed by atoms with E-state index in [4.69, 9.17) is 11.6 Å². The molecule has 31 heavy (non-hydrogen) atoms. The van der Waals surface area contributed by atoms with Gasteiger partial charge in [0.05, 0.1) is 16.3 Å². The largest absolute Gasteiger partial charge is 0.478 e. The quantitative estimate of drug-likeness (QED) is 0.411. The molecule has 0 heterocycles. The maximum atomic E-state index is 13.2. The lowest BCUT2D eigenvalue weighted by Gasteiger charge is -2.18. The van der Waals surface area contributed by atoms with E-state index in [1.807, 2.05) is 42.5 Å². The van der Waals surface area contributed by atoms with Gasteiger partial charge in [0.15, 0.2) is 0 Å². The van der Waals surface area contributed by atoms with E-state index in [-0.39, 0.29) is 28.1 Å². The Morgan fingerprint density at radius 2 is 1.61 bits per heavy atom. The Labute approximate surface area is 188 Å². The second-order valence-electron chi connectivity index (χ2n) is 6.60. The van der Waals surface area contributed by atoms with Crippen molar-refractivity contribution in [3.63, 3.8) is 0 Å². The molecule has 3 rings (SSSR count). The normalized spacial score (nSPS) is 11.4. The number of carboxylic acids is 1. The second kappa shape index (κ2) is 10.1. The van der Waals surface area contributed by atoms with Gasteiger partial charge in [-0.25, -0.2) is 4.79 Å². The van der Waals surface area contributed by atoms with Crippen molar-refractivity contribution in [3.8, 4) is 0 Å². The molecule has 2 amide bonds. The third-order valence-electron chi connectivity index (χ3n) is 4.24. The predicted octanol–water partition coefficient (Wildman–Crippen LogP) is 5.47. The number of aromatic carboxylic acids is 1. The number of rotatable bonds is 7. The fourth-order valence-corrected chi connectivity index (χ4v) is 4.00. The highest BCUT2D eigenvalue weighted by molar-refractivity contribution is 8.00. The van der Waals surface area contributed by atoms with Gasteiger partial charge in [-0.15, -0.1) is 11.8 Å². The zero-order valence-electron chi connectivity index (χ0n) is 16.5. The number of nitrogens with one attached hydrogen (secondary N) is 2. The van der Waals surface area contributed by atoms with Crippen molar-refractivity contribution in [1.82, 2.24) is 0 Å². The fraction of sp³-hybridized carbons (Fsp3) is 0.0870. The molecule has 8 heteroatoms. The van der Waals surface area contributed by atoms with Gasteiger partial charge in [0.1, 0.15) is 5.25 Å². The van der Waals surface area contributed by atoms with E-state index >= 15 is 0 Å². The van der Waals surface area contributed by atoms with E-state index in [0.717, 1.165) is 10.5 Å². The van der Waals surface area contributed by atoms with E-state index in [1.54, 1.807) is 12.1 Å². The molecule has 0 saturated carbocycles. The Bertz CT molecular complexity index is 1100. The van der Waals surface area contributed by atoms with E-state index < -0.39 is 11.2 Å². The lowest BCUT2D eigenvalue weighted by atomic mass is 10.1. The maximum Gasteiger partial charge on any atom is 0.335 e. The minimum absolute atomic E-state index is 0.0252. The maximum absolute atomic E-state index is 13.2. The summed E-state index contributed by atoms with van der Waals surface area (Å²) in [7, 11) is 0. The number of amides is 2. The first-order valence-electron chi connectivity index (χ1n) is 9.26. The number of carbonyl (C=O) groups is 3. The molecule has 0 radical (unpaired) electrons. The number of hydrogen-bond donors (Lipinski definition) is 3. The molecule has 0 aliphatic heterocycles. The smallest absolute Gasteiger partial charge is 0.335 e. The van der Waals surface area contributed by atoms with E-state index in [2.05, 4.69) is 10.6 Å². The summed E-state index contributed by atoms with van der Waals surface area (Å²) >= 11 is 7.49. The molecule has 0 aliphatic carbocycles. The van der Waals surface area contributed by atoms with E-state index in [0.29, 0.717) is 5.69 Å². The lowest BCUT2D eigenvalue weighted by Crippen LogP contribution is -2.19. The first-order valence-corrected chi connectivity index (χ1v) is 10.5. The van der Waals surface area contributed by atoms with Crippen molar-refractivity contribution in [1.29, 1.82) is 0 Å². The Kier molecular flexibility index (Phi) is 7.33. The summed E-state index contributed by atoms with van der Waals surface area (Å²) in [5, 5.41) is 14.3. The van der Waals surface area contributed by atoms with Gasteiger partial charge in [-0.3, -0.25) is 9.59 Å². The molecule has 0 bridgehead atoms. The van der Waals surface area contributed by atoms with Gasteiger partial charge in [-0.05, 0) is 48.0 Å². The number of carbonyl (C=O) groups excluding carboxylic acids is 2. The van der Waals surface area contributed by atoms with Crippen LogP contribution in [0.4, 0.5) is 11.4 Å². The monoisotopic (exact) mass is 454 g/mol. The first-order chi connectivity index (χ1) is 14.8. The number of carboxylic acid groups (broad SMARTS) is 1. The van der Waals surface area contributed by atoms with Gasteiger partial charge in [-0.1, -0.05) is 41.9 Å². The highest BCUT2D eigenvalue weighted by Crippen LogP contribution is 2.37. The van der Waals surface area contributed by atoms with Crippen LogP contribution in [0.25, 0.3) is 0 Å². The number of thioether (sulfide) groups is 1. The summed E-state index contributed by atoms with van der Waals surface area (Å²) in [5.41, 5.74) is 1.70. The molecule has 3 aromatic carbocycles. The van der Waals surface area contributed by atoms with Crippen LogP contribution in [0.15, 0.2) is 77.7 Å². The van der Waals surface area contributed by atoms with Crippen LogP contribution in [0.5, 0.6) is 0 Å². The summed E-state index contributed by atoms with van der Waals surface area (Å²) in [6, 6.07) is 20.5. The molecule has 0 spiro atoms. The molecular formula is C23H19ClN2O4S. The van der Waals surface area contributed by atoms with Gasteiger partial charge in [0, 0.05) is 17.5 Å². The first kappa shape index (κ1) is 22.4. The molecule has 3 N–H and O–H groups in total. The Hall–Kier alpha value is -3.29. The van der Waals surface area contributed by atoms with Gasteiger partial charge in [0.25, 0.3) is 0 Å². The molecule has 0 fully saturated rings. The van der Waals surface area contributed by atoms with Crippen molar-refractivity contribution in [2.24, 2.45) is 0 Å². The number of anilines is 2. The molecule has 0 saturated heterocycles. The van der Waals surface area contributed by atoms with Crippen LogP contribution in [0, 0.1) is 0 Å². The molecule has 1 atom stereocenters. The molecule has 0 aromatic heterocycles. The summed E-state index contributed by atoms with van der Waals surface area (Å²) in [6.07, 6.45) is 0. The second-order valence-corrected chi connectivity index (χ2v) is 8.19. The number of hydrogen-bond acceptors (Lipinski definition) is 4. The van der Waals surface area contributed by atoms with Crippen molar-refractivity contribution in [3.05, 3.63) is 88.9 Å². The van der Waals surface area contributed by atoms with Gasteiger partial charge in [-0.2, -0.15) is 0 Å². The molecule has 3 aromatic rings. The highest BCUT2D eigenvalue weighted by atomic mass is 35.5. The Balaban J connectivity index is 1.86. The average molecular weight is 455 g/mol. The average Bonchev–Trinajstić information content (AvgIpc) is 2.74. The Morgan fingerprint density at radius 3 is 2.23 bits per heavy atom. The highest BCUT2D eigenvalue weighted by Gasteiger charge is 2.23. The van der Waals surface area contributed by atoms with Crippen molar-refractivity contribution >= 4 is 52.5 Å². The van der Waals surface area contributed by atoms with Crippen LogP contribution in [0.1, 0.15) is 28.1 Å². The standard InChI is InChI=1S/C23H19ClN2O4S/c1-14(27)25-17-8-10-18(11-9-17)31-21(15-5-3-2-4-6-15)22(28)26-20-13-16(23(29)30)7-12-19(20)24/h2-13,21H,1H3,(H,25,27)(H,26,28)(H,29,30). The van der Waals surface area contributed by atoms with Crippen molar-refractivity contribution in [2.75, 3.05) is 10.6 Å². The molecular weight excluding hydrogens is 436 g/mol. The minimum atomic E-state index is -1.11. The summed E-state index contributed by atoms with van der Waals surface area (Å²) < 4.78 is 0. The van der Waals surface area contributed by atoms with Gasteiger partial charge < -0.3 is 15.7 Å². The van der Waals surface area contributed by atoms with Gasteiger partial charge in [0.2, 0.25) is 11.8 Å². The lowest BCUT2D eigenvalue weighted by molar-refractivity contribution is -0.116. The van der Waals surface area contributed by atoms with Crippen LogP contribution in [-0.2, 0) is 9.59 Å². The topological polar surface area (TPSA) is 95.5 Å². The number of halogens is 1. The summed E-state index contributed by atoms with van der Waals surface area (Å²) in [4.78, 5) is 36.4. The van der Waals surface area contributed by atoms with Gasteiger partial charge >= 0.3 is 5.97 Å². The fourth-order valence-electron chi connectivity index (χ4n) is 2.81. The predicted molar refractivity (Wildman–Crippen MR) is 123 cm³/mol. The molecule has 1 unspecified atom stereocenters. The number of benzene rings is 3. The molecule has 6 nitrogen and oxygen atoms in total. The third-order valence-corrected chi connectivity index (χ3v) is 5.84. The zero-order valence-corrected chi connectivity index (χ0v) is 18.0.